The molecular weight excluding hydrogens is 284 g/mol. The zero-order valence-corrected chi connectivity index (χ0v) is 15.1. The van der Waals surface area contributed by atoms with Crippen LogP contribution >= 0.6 is 0 Å². The Balaban J connectivity index is 2.31. The van der Waals surface area contributed by atoms with Gasteiger partial charge in [-0.1, -0.05) is 50.3 Å². The van der Waals surface area contributed by atoms with Gasteiger partial charge in [-0.3, -0.25) is 4.79 Å². The van der Waals surface area contributed by atoms with Crippen LogP contribution in [0, 0.1) is 22.7 Å². The maximum absolute atomic E-state index is 12.5. The predicted molar refractivity (Wildman–Crippen MR) is 96.0 cm³/mol. The average Bonchev–Trinajstić information content (AvgIpc) is 2.52. The van der Waals surface area contributed by atoms with Crippen molar-refractivity contribution in [3.05, 3.63) is 37.0 Å². The molecule has 0 aliphatic heterocycles. The molecule has 23 heavy (non-hydrogen) atoms. The van der Waals surface area contributed by atoms with Gasteiger partial charge in [0.15, 0.2) is 0 Å². The Labute approximate surface area is 141 Å². The molecule has 0 saturated heterocycles. The molecule has 2 saturated carbocycles. The number of carbonyl (C=O) groups excluding carboxylic acids is 1. The minimum atomic E-state index is -0.351. The molecule has 2 aliphatic rings. The minimum absolute atomic E-state index is 0.0322. The van der Waals surface area contributed by atoms with Crippen LogP contribution in [0.4, 0.5) is 0 Å². The third-order valence-corrected chi connectivity index (χ3v) is 6.71. The molecule has 0 unspecified atom stereocenters. The van der Waals surface area contributed by atoms with Crippen LogP contribution in [-0.4, -0.2) is 13.1 Å². The van der Waals surface area contributed by atoms with E-state index in [0.29, 0.717) is 11.8 Å². The molecule has 0 spiro atoms. The van der Waals surface area contributed by atoms with Crippen LogP contribution in [0.2, 0.25) is 0 Å². The molecule has 0 N–H and O–H groups in total. The third-order valence-electron chi connectivity index (χ3n) is 6.71. The highest BCUT2D eigenvalue weighted by molar-refractivity contribution is 5.77. The number of methoxy groups -OCH3 is 1. The van der Waals surface area contributed by atoms with E-state index in [1.54, 1.807) is 0 Å². The first-order valence-corrected chi connectivity index (χ1v) is 8.86. The summed E-state index contributed by atoms with van der Waals surface area (Å²) in [6.07, 6.45) is 9.17. The number of allylic oxidation sites excluding steroid dienone is 3. The highest BCUT2D eigenvalue weighted by atomic mass is 16.5. The van der Waals surface area contributed by atoms with Crippen molar-refractivity contribution in [3.8, 4) is 0 Å². The lowest BCUT2D eigenvalue weighted by molar-refractivity contribution is -0.168. The van der Waals surface area contributed by atoms with Crippen molar-refractivity contribution in [2.45, 2.75) is 58.8 Å². The van der Waals surface area contributed by atoms with Gasteiger partial charge in [0.1, 0.15) is 0 Å². The predicted octanol–water partition coefficient (Wildman–Crippen LogP) is 5.46. The lowest BCUT2D eigenvalue weighted by Gasteiger charge is -2.57. The van der Waals surface area contributed by atoms with E-state index in [4.69, 9.17) is 4.74 Å². The van der Waals surface area contributed by atoms with Gasteiger partial charge in [-0.05, 0) is 62.7 Å². The number of ether oxygens (including phenoxy) is 1. The molecule has 0 aromatic carbocycles. The molecule has 2 nitrogen and oxygen atoms in total. The molecule has 0 aromatic rings. The quantitative estimate of drug-likeness (QED) is 0.382. The number of fused-ring (bicyclic) bond motifs is 1. The van der Waals surface area contributed by atoms with Crippen molar-refractivity contribution >= 4 is 5.97 Å². The van der Waals surface area contributed by atoms with Crippen molar-refractivity contribution in [2.75, 3.05) is 7.11 Å². The summed E-state index contributed by atoms with van der Waals surface area (Å²) in [5.41, 5.74) is 2.23. The zero-order chi connectivity index (χ0) is 17.3. The van der Waals surface area contributed by atoms with Crippen LogP contribution in [0.15, 0.2) is 37.0 Å². The van der Waals surface area contributed by atoms with Crippen molar-refractivity contribution in [1.29, 1.82) is 0 Å². The van der Waals surface area contributed by atoms with E-state index in [1.165, 1.54) is 19.1 Å². The summed E-state index contributed by atoms with van der Waals surface area (Å²) >= 11 is 0. The second-order valence-corrected chi connectivity index (χ2v) is 7.97. The Morgan fingerprint density at radius 2 is 2.09 bits per heavy atom. The lowest BCUT2D eigenvalue weighted by Crippen LogP contribution is -2.53. The number of carbonyl (C=O) groups is 1. The lowest BCUT2D eigenvalue weighted by atomic mass is 9.46. The van der Waals surface area contributed by atoms with E-state index in [-0.39, 0.29) is 16.8 Å². The standard InChI is InChI=1S/C21H32O2/c1-7-15(2)9-11-17-16(3)10-12-18-20(17,4)13-8-14-21(18,5)19(22)23-6/h7,17-18H,1-3,8-14H2,4-6H3/t17-,18-,20-,21+/m1/s1. The molecule has 0 amide bonds. The molecule has 2 fully saturated rings. The maximum Gasteiger partial charge on any atom is 0.311 e. The van der Waals surface area contributed by atoms with Gasteiger partial charge >= 0.3 is 5.97 Å². The first-order valence-electron chi connectivity index (χ1n) is 8.86. The number of rotatable bonds is 5. The highest BCUT2D eigenvalue weighted by Gasteiger charge is 2.57. The molecule has 128 valence electrons. The summed E-state index contributed by atoms with van der Waals surface area (Å²) in [7, 11) is 1.52. The molecule has 0 aromatic heterocycles. The summed E-state index contributed by atoms with van der Waals surface area (Å²) in [5, 5.41) is 0. The van der Waals surface area contributed by atoms with Gasteiger partial charge in [0, 0.05) is 0 Å². The second kappa shape index (κ2) is 6.67. The summed E-state index contributed by atoms with van der Waals surface area (Å²) < 4.78 is 5.18. The fourth-order valence-corrected chi connectivity index (χ4v) is 5.39. The highest BCUT2D eigenvalue weighted by Crippen LogP contribution is 2.62. The van der Waals surface area contributed by atoms with Crippen molar-refractivity contribution < 1.29 is 9.53 Å². The number of hydrogen-bond acceptors (Lipinski definition) is 2. The normalized spacial score (nSPS) is 36.9. The van der Waals surface area contributed by atoms with E-state index >= 15 is 0 Å². The Morgan fingerprint density at radius 3 is 2.70 bits per heavy atom. The SMILES string of the molecule is C=CC(=C)CC[C@@H]1C(=C)CC[C@@H]2[C@]1(C)CCC[C@]2(C)C(=O)OC. The first kappa shape index (κ1) is 18.0. The number of esters is 1. The summed E-state index contributed by atoms with van der Waals surface area (Å²) in [6, 6.07) is 0. The number of hydrogen-bond donors (Lipinski definition) is 0. The van der Waals surface area contributed by atoms with Crippen LogP contribution in [0.1, 0.15) is 58.8 Å². The summed E-state index contributed by atoms with van der Waals surface area (Å²) in [4.78, 5) is 12.5. The van der Waals surface area contributed by atoms with Gasteiger partial charge in [0.05, 0.1) is 12.5 Å². The van der Waals surface area contributed by atoms with Gasteiger partial charge < -0.3 is 4.74 Å². The van der Waals surface area contributed by atoms with Crippen LogP contribution in [0.25, 0.3) is 0 Å². The smallest absolute Gasteiger partial charge is 0.311 e. The van der Waals surface area contributed by atoms with Crippen molar-refractivity contribution in [3.63, 3.8) is 0 Å². The maximum atomic E-state index is 12.5. The van der Waals surface area contributed by atoms with Crippen LogP contribution in [0.3, 0.4) is 0 Å². The first-order chi connectivity index (χ1) is 10.8. The Hall–Kier alpha value is -1.31. The van der Waals surface area contributed by atoms with E-state index < -0.39 is 0 Å². The Bertz CT molecular complexity index is 518. The fraction of sp³-hybridized carbons (Fsp3) is 0.667. The molecule has 4 atom stereocenters. The second-order valence-electron chi connectivity index (χ2n) is 7.97. The Morgan fingerprint density at radius 1 is 1.39 bits per heavy atom. The van der Waals surface area contributed by atoms with Gasteiger partial charge in [-0.15, -0.1) is 0 Å². The topological polar surface area (TPSA) is 26.3 Å². The zero-order valence-electron chi connectivity index (χ0n) is 15.1. The van der Waals surface area contributed by atoms with E-state index in [9.17, 15) is 4.79 Å². The van der Waals surface area contributed by atoms with Crippen molar-refractivity contribution in [2.24, 2.45) is 22.7 Å². The largest absolute Gasteiger partial charge is 0.469 e. The van der Waals surface area contributed by atoms with Crippen molar-refractivity contribution in [1.82, 2.24) is 0 Å². The fourth-order valence-electron chi connectivity index (χ4n) is 5.39. The average molecular weight is 316 g/mol. The molecule has 2 heteroatoms. The molecule has 0 bridgehead atoms. The minimum Gasteiger partial charge on any atom is -0.469 e. The van der Waals surface area contributed by atoms with Gasteiger partial charge in [0.2, 0.25) is 0 Å². The van der Waals surface area contributed by atoms with Crippen LogP contribution < -0.4 is 0 Å². The van der Waals surface area contributed by atoms with Gasteiger partial charge in [-0.25, -0.2) is 0 Å². The van der Waals surface area contributed by atoms with E-state index in [1.807, 2.05) is 6.08 Å². The molecule has 2 rings (SSSR count). The molecular formula is C21H32O2. The molecule has 0 radical (unpaired) electrons. The van der Waals surface area contributed by atoms with E-state index in [0.717, 1.165) is 44.1 Å². The summed E-state index contributed by atoms with van der Waals surface area (Å²) in [6.45, 7) is 16.7. The molecule has 0 heterocycles. The summed E-state index contributed by atoms with van der Waals surface area (Å²) in [5.74, 6) is 0.807. The third kappa shape index (κ3) is 3.05. The van der Waals surface area contributed by atoms with Gasteiger partial charge in [-0.2, -0.15) is 0 Å². The van der Waals surface area contributed by atoms with Gasteiger partial charge in [0.25, 0.3) is 0 Å². The monoisotopic (exact) mass is 316 g/mol. The van der Waals surface area contributed by atoms with E-state index in [2.05, 4.69) is 33.6 Å². The Kier molecular flexibility index (Phi) is 5.23. The van der Waals surface area contributed by atoms with Crippen LogP contribution in [0.5, 0.6) is 0 Å². The molecule has 2 aliphatic carbocycles. The van der Waals surface area contributed by atoms with Crippen LogP contribution in [-0.2, 0) is 9.53 Å².